The molecular formula is C22H16ClN3O2. The molecule has 0 N–H and O–H groups in total. The van der Waals surface area contributed by atoms with Gasteiger partial charge in [0.15, 0.2) is 5.82 Å². The average molecular weight is 390 g/mol. The van der Waals surface area contributed by atoms with Gasteiger partial charge in [-0.2, -0.15) is 9.78 Å². The van der Waals surface area contributed by atoms with Crippen molar-refractivity contribution in [3.05, 3.63) is 93.7 Å². The van der Waals surface area contributed by atoms with Gasteiger partial charge in [-0.05, 0) is 35.9 Å². The summed E-state index contributed by atoms with van der Waals surface area (Å²) >= 11 is 6.18. The zero-order chi connectivity index (χ0) is 19.5. The van der Waals surface area contributed by atoms with Gasteiger partial charge < -0.3 is 4.74 Å². The first-order valence-electron chi connectivity index (χ1n) is 8.62. The first kappa shape index (κ1) is 17.9. The minimum absolute atomic E-state index is 0.236. The first-order valence-corrected chi connectivity index (χ1v) is 9.00. The minimum atomic E-state index is -0.236. The highest BCUT2D eigenvalue weighted by Crippen LogP contribution is 2.24. The van der Waals surface area contributed by atoms with E-state index in [4.69, 9.17) is 16.3 Å². The lowest BCUT2D eigenvalue weighted by atomic mass is 10.2. The van der Waals surface area contributed by atoms with E-state index in [-0.39, 0.29) is 5.56 Å². The van der Waals surface area contributed by atoms with Crippen LogP contribution in [-0.4, -0.2) is 23.0 Å². The van der Waals surface area contributed by atoms with E-state index >= 15 is 0 Å². The Hall–Kier alpha value is -3.44. The lowest BCUT2D eigenvalue weighted by Gasteiger charge is -2.09. The highest BCUT2D eigenvalue weighted by Gasteiger charge is 2.12. The van der Waals surface area contributed by atoms with Crippen LogP contribution in [0.3, 0.4) is 0 Å². The maximum atomic E-state index is 13.1. The molecule has 0 saturated carbocycles. The molecule has 5 nitrogen and oxygen atoms in total. The van der Waals surface area contributed by atoms with Crippen LogP contribution in [0.2, 0.25) is 5.02 Å². The van der Waals surface area contributed by atoms with Gasteiger partial charge in [-0.1, -0.05) is 54.1 Å². The first-order chi connectivity index (χ1) is 13.7. The summed E-state index contributed by atoms with van der Waals surface area (Å²) in [6.45, 7) is 0. The molecule has 4 aromatic rings. The molecule has 0 saturated heterocycles. The van der Waals surface area contributed by atoms with E-state index in [9.17, 15) is 4.79 Å². The highest BCUT2D eigenvalue weighted by atomic mass is 35.5. The molecule has 138 valence electrons. The van der Waals surface area contributed by atoms with Crippen molar-refractivity contribution in [2.45, 2.75) is 0 Å². The van der Waals surface area contributed by atoms with Gasteiger partial charge in [-0.15, -0.1) is 0 Å². The van der Waals surface area contributed by atoms with E-state index in [0.29, 0.717) is 27.5 Å². The fraction of sp³-hybridized carbons (Fsp3) is 0.0455. The monoisotopic (exact) mass is 389 g/mol. The Kier molecular flexibility index (Phi) is 4.91. The van der Waals surface area contributed by atoms with Crippen molar-refractivity contribution in [1.82, 2.24) is 9.66 Å². The van der Waals surface area contributed by atoms with Crippen LogP contribution < -0.4 is 10.3 Å². The lowest BCUT2D eigenvalue weighted by Crippen LogP contribution is -2.20. The SMILES string of the molecule is COc1ccc(C=Nn2c(-c3ccccc3)nc3ccccc3c2=O)cc1Cl. The van der Waals surface area contributed by atoms with Crippen LogP contribution in [0.4, 0.5) is 0 Å². The standard InChI is InChI=1S/C22H16ClN3O2/c1-28-20-12-11-15(13-18(20)23)14-24-26-21(16-7-3-2-4-8-16)25-19-10-6-5-9-17(19)22(26)27/h2-14H,1H3. The molecule has 1 aromatic heterocycles. The highest BCUT2D eigenvalue weighted by molar-refractivity contribution is 6.32. The van der Waals surface area contributed by atoms with E-state index in [1.54, 1.807) is 31.5 Å². The van der Waals surface area contributed by atoms with Crippen molar-refractivity contribution in [3.63, 3.8) is 0 Å². The largest absolute Gasteiger partial charge is 0.495 e. The Morgan fingerprint density at radius 2 is 1.79 bits per heavy atom. The number of fused-ring (bicyclic) bond motifs is 1. The third kappa shape index (κ3) is 3.40. The summed E-state index contributed by atoms with van der Waals surface area (Å²) in [5.74, 6) is 1.05. The van der Waals surface area contributed by atoms with Crippen molar-refractivity contribution in [2.24, 2.45) is 5.10 Å². The number of halogens is 1. The molecule has 28 heavy (non-hydrogen) atoms. The number of nitrogens with zero attached hydrogens (tertiary/aromatic N) is 3. The smallest absolute Gasteiger partial charge is 0.282 e. The summed E-state index contributed by atoms with van der Waals surface area (Å²) in [5, 5.41) is 5.39. The van der Waals surface area contributed by atoms with Crippen LogP contribution in [0.1, 0.15) is 5.56 Å². The number of para-hydroxylation sites is 1. The number of ether oxygens (including phenoxy) is 1. The van der Waals surface area contributed by atoms with Crippen molar-refractivity contribution >= 4 is 28.7 Å². The fourth-order valence-corrected chi connectivity index (χ4v) is 3.16. The molecule has 0 bridgehead atoms. The van der Waals surface area contributed by atoms with Crippen molar-refractivity contribution in [3.8, 4) is 17.1 Å². The second-order valence-corrected chi connectivity index (χ2v) is 6.48. The number of rotatable bonds is 4. The summed E-state index contributed by atoms with van der Waals surface area (Å²) in [5.41, 5.74) is 1.94. The minimum Gasteiger partial charge on any atom is -0.495 e. The third-order valence-electron chi connectivity index (χ3n) is 4.28. The van der Waals surface area contributed by atoms with Crippen LogP contribution >= 0.6 is 11.6 Å². The molecule has 1 heterocycles. The topological polar surface area (TPSA) is 56.5 Å². The molecule has 0 aliphatic carbocycles. The number of aromatic nitrogens is 2. The van der Waals surface area contributed by atoms with Crippen LogP contribution in [0.5, 0.6) is 5.75 Å². The molecule has 0 unspecified atom stereocenters. The number of hydrogen-bond acceptors (Lipinski definition) is 4. The zero-order valence-corrected chi connectivity index (χ0v) is 15.8. The van der Waals surface area contributed by atoms with Crippen LogP contribution in [0, 0.1) is 0 Å². The Balaban J connectivity index is 1.88. The van der Waals surface area contributed by atoms with Crippen LogP contribution in [0.25, 0.3) is 22.3 Å². The van der Waals surface area contributed by atoms with Crippen molar-refractivity contribution in [1.29, 1.82) is 0 Å². The molecular weight excluding hydrogens is 374 g/mol. The second-order valence-electron chi connectivity index (χ2n) is 6.07. The predicted octanol–water partition coefficient (Wildman–Crippen LogP) is 4.61. The van der Waals surface area contributed by atoms with Crippen molar-refractivity contribution < 1.29 is 4.74 Å². The normalized spacial score (nSPS) is 11.2. The summed E-state index contributed by atoms with van der Waals surface area (Å²) < 4.78 is 6.48. The zero-order valence-electron chi connectivity index (χ0n) is 15.0. The van der Waals surface area contributed by atoms with Gasteiger partial charge in [-0.3, -0.25) is 4.79 Å². The molecule has 4 rings (SSSR count). The lowest BCUT2D eigenvalue weighted by molar-refractivity contribution is 0.415. The van der Waals surface area contributed by atoms with Gasteiger partial charge in [0, 0.05) is 5.56 Å². The van der Waals surface area contributed by atoms with Crippen molar-refractivity contribution in [2.75, 3.05) is 7.11 Å². The molecule has 0 aliphatic rings. The third-order valence-corrected chi connectivity index (χ3v) is 4.58. The summed E-state index contributed by atoms with van der Waals surface area (Å²) in [7, 11) is 1.56. The summed E-state index contributed by atoms with van der Waals surface area (Å²) in [4.78, 5) is 17.7. The Labute approximate surface area is 166 Å². The Morgan fingerprint density at radius 1 is 1.04 bits per heavy atom. The molecule has 0 fully saturated rings. The van der Waals surface area contributed by atoms with Crippen LogP contribution in [0.15, 0.2) is 82.7 Å². The molecule has 0 amide bonds. The number of benzene rings is 3. The van der Waals surface area contributed by atoms with Gasteiger partial charge >= 0.3 is 0 Å². The quantitative estimate of drug-likeness (QED) is 0.479. The van der Waals surface area contributed by atoms with Gasteiger partial charge in [0.2, 0.25) is 0 Å². The van der Waals surface area contributed by atoms with Gasteiger partial charge in [-0.25, -0.2) is 4.98 Å². The maximum Gasteiger partial charge on any atom is 0.282 e. The maximum absolute atomic E-state index is 13.1. The molecule has 0 spiro atoms. The average Bonchev–Trinajstić information content (AvgIpc) is 2.74. The van der Waals surface area contributed by atoms with Crippen LogP contribution in [-0.2, 0) is 0 Å². The number of methoxy groups -OCH3 is 1. The molecule has 0 aliphatic heterocycles. The molecule has 0 atom stereocenters. The predicted molar refractivity (Wildman–Crippen MR) is 112 cm³/mol. The van der Waals surface area contributed by atoms with E-state index < -0.39 is 0 Å². The Bertz CT molecular complexity index is 1230. The van der Waals surface area contributed by atoms with Gasteiger partial charge in [0.1, 0.15) is 5.75 Å². The summed E-state index contributed by atoms with van der Waals surface area (Å²) in [6, 6.07) is 22.0. The van der Waals surface area contributed by atoms with E-state index in [1.807, 2.05) is 54.6 Å². The van der Waals surface area contributed by atoms with E-state index in [2.05, 4.69) is 10.1 Å². The number of hydrogen-bond donors (Lipinski definition) is 0. The fourth-order valence-electron chi connectivity index (χ4n) is 2.89. The molecule has 0 radical (unpaired) electrons. The Morgan fingerprint density at radius 3 is 2.54 bits per heavy atom. The van der Waals surface area contributed by atoms with Gasteiger partial charge in [0.25, 0.3) is 5.56 Å². The second kappa shape index (κ2) is 7.66. The molecule has 3 aromatic carbocycles. The van der Waals surface area contributed by atoms with E-state index in [1.165, 1.54) is 4.68 Å². The van der Waals surface area contributed by atoms with E-state index in [0.717, 1.165) is 11.1 Å². The van der Waals surface area contributed by atoms with Gasteiger partial charge in [0.05, 0.1) is 29.2 Å². The summed E-state index contributed by atoms with van der Waals surface area (Å²) in [6.07, 6.45) is 1.58. The molecule has 6 heteroatoms.